The van der Waals surface area contributed by atoms with Crippen LogP contribution in [0.5, 0.6) is 0 Å². The molecule has 0 saturated carbocycles. The van der Waals surface area contributed by atoms with E-state index in [1.807, 2.05) is 18.2 Å². The molecule has 88 valence electrons. The highest BCUT2D eigenvalue weighted by atomic mass is 35.5. The van der Waals surface area contributed by atoms with E-state index in [0.29, 0.717) is 16.1 Å². The fourth-order valence-electron chi connectivity index (χ4n) is 1.90. The molecule has 4 heteroatoms. The van der Waals surface area contributed by atoms with E-state index in [9.17, 15) is 0 Å². The van der Waals surface area contributed by atoms with E-state index in [2.05, 4.69) is 12.2 Å². The highest BCUT2D eigenvalue weighted by Crippen LogP contribution is 2.26. The van der Waals surface area contributed by atoms with Crippen molar-refractivity contribution in [2.45, 2.75) is 25.4 Å². The van der Waals surface area contributed by atoms with Crippen LogP contribution in [0.3, 0.4) is 0 Å². The Kier molecular flexibility index (Phi) is 4.09. The highest BCUT2D eigenvalue weighted by Gasteiger charge is 2.18. The molecule has 1 heterocycles. The van der Waals surface area contributed by atoms with E-state index in [4.69, 9.17) is 27.9 Å². The molecule has 1 aliphatic heterocycles. The van der Waals surface area contributed by atoms with Crippen LogP contribution in [-0.4, -0.2) is 19.3 Å². The summed E-state index contributed by atoms with van der Waals surface area (Å²) < 4.78 is 5.33. The molecule has 0 aromatic heterocycles. The molecule has 1 N–H and O–H groups in total. The predicted molar refractivity (Wildman–Crippen MR) is 67.2 cm³/mol. The van der Waals surface area contributed by atoms with Gasteiger partial charge < -0.3 is 10.1 Å². The summed E-state index contributed by atoms with van der Waals surface area (Å²) in [6, 6.07) is 6.47. The van der Waals surface area contributed by atoms with Gasteiger partial charge in [-0.15, -0.1) is 0 Å². The van der Waals surface area contributed by atoms with Crippen LogP contribution in [0.2, 0.25) is 10.0 Å². The maximum absolute atomic E-state index is 5.99. The third kappa shape index (κ3) is 2.89. The number of ether oxygens (including phenoxy) is 1. The number of rotatable bonds is 3. The Morgan fingerprint density at radius 3 is 2.81 bits per heavy atom. The van der Waals surface area contributed by atoms with Crippen molar-refractivity contribution in [3.8, 4) is 0 Å². The molecule has 1 unspecified atom stereocenters. The van der Waals surface area contributed by atoms with Gasteiger partial charge in [-0.2, -0.15) is 0 Å². The minimum absolute atomic E-state index is 0.265. The van der Waals surface area contributed by atoms with Gasteiger partial charge in [0.2, 0.25) is 0 Å². The van der Waals surface area contributed by atoms with E-state index in [-0.39, 0.29) is 6.04 Å². The van der Waals surface area contributed by atoms with Gasteiger partial charge in [0.05, 0.1) is 16.7 Å². The third-order valence-corrected chi connectivity index (χ3v) is 3.60. The summed E-state index contributed by atoms with van der Waals surface area (Å²) in [5.74, 6) is 0. The Labute approximate surface area is 106 Å². The van der Waals surface area contributed by atoms with E-state index in [1.54, 1.807) is 0 Å². The van der Waals surface area contributed by atoms with Crippen LogP contribution >= 0.6 is 23.2 Å². The number of hydrogen-bond donors (Lipinski definition) is 1. The lowest BCUT2D eigenvalue weighted by molar-refractivity contribution is 0.188. The van der Waals surface area contributed by atoms with Gasteiger partial charge in [-0.05, 0) is 31.0 Å². The van der Waals surface area contributed by atoms with Crippen molar-refractivity contribution >= 4 is 23.2 Å². The molecule has 2 rings (SSSR count). The molecule has 2 atom stereocenters. The second-order valence-corrected chi connectivity index (χ2v) is 4.94. The molecular formula is C12H15Cl2NO. The van der Waals surface area contributed by atoms with Crippen LogP contribution in [0.1, 0.15) is 24.9 Å². The van der Waals surface area contributed by atoms with Crippen LogP contribution in [0.4, 0.5) is 0 Å². The summed E-state index contributed by atoms with van der Waals surface area (Å²) in [5, 5.41) is 4.72. The summed E-state index contributed by atoms with van der Waals surface area (Å²) in [7, 11) is 0. The molecule has 2 nitrogen and oxygen atoms in total. The molecule has 0 bridgehead atoms. The number of halogens is 2. The van der Waals surface area contributed by atoms with Crippen molar-refractivity contribution < 1.29 is 4.74 Å². The van der Waals surface area contributed by atoms with Crippen molar-refractivity contribution in [2.75, 3.05) is 13.2 Å². The van der Waals surface area contributed by atoms with Gasteiger partial charge in [-0.25, -0.2) is 0 Å². The zero-order chi connectivity index (χ0) is 11.5. The summed E-state index contributed by atoms with van der Waals surface area (Å²) in [4.78, 5) is 0. The van der Waals surface area contributed by atoms with E-state index < -0.39 is 0 Å². The molecular weight excluding hydrogens is 245 g/mol. The van der Waals surface area contributed by atoms with Crippen molar-refractivity contribution in [3.63, 3.8) is 0 Å². The Bertz CT molecular complexity index is 364. The van der Waals surface area contributed by atoms with Crippen molar-refractivity contribution in [3.05, 3.63) is 33.8 Å². The molecule has 0 radical (unpaired) electrons. The first-order valence-electron chi connectivity index (χ1n) is 5.45. The van der Waals surface area contributed by atoms with Gasteiger partial charge in [0.25, 0.3) is 0 Å². The summed E-state index contributed by atoms with van der Waals surface area (Å²) in [5.41, 5.74) is 1.15. The van der Waals surface area contributed by atoms with Crippen LogP contribution in [0.25, 0.3) is 0 Å². The number of nitrogens with one attached hydrogen (secondary N) is 1. The first-order chi connectivity index (χ1) is 7.66. The topological polar surface area (TPSA) is 21.3 Å². The second kappa shape index (κ2) is 5.37. The predicted octanol–water partition coefficient (Wildman–Crippen LogP) is 3.43. The van der Waals surface area contributed by atoms with Gasteiger partial charge in [0.1, 0.15) is 0 Å². The minimum atomic E-state index is 0.265. The average molecular weight is 260 g/mol. The van der Waals surface area contributed by atoms with Crippen LogP contribution < -0.4 is 5.32 Å². The fourth-order valence-corrected chi connectivity index (χ4v) is 2.20. The van der Waals surface area contributed by atoms with E-state index in [1.165, 1.54) is 0 Å². The molecule has 0 spiro atoms. The maximum Gasteiger partial charge on any atom is 0.0620 e. The van der Waals surface area contributed by atoms with Gasteiger partial charge in [-0.3, -0.25) is 0 Å². The Morgan fingerprint density at radius 2 is 2.19 bits per heavy atom. The quantitative estimate of drug-likeness (QED) is 0.898. The van der Waals surface area contributed by atoms with Crippen molar-refractivity contribution in [1.29, 1.82) is 0 Å². The first-order valence-corrected chi connectivity index (χ1v) is 6.21. The Balaban J connectivity index is 2.02. The monoisotopic (exact) mass is 259 g/mol. The maximum atomic E-state index is 5.99. The smallest absolute Gasteiger partial charge is 0.0620 e. The van der Waals surface area contributed by atoms with Gasteiger partial charge in [0.15, 0.2) is 0 Å². The summed E-state index contributed by atoms with van der Waals surface area (Å²) in [6.07, 6.45) is 1.08. The van der Waals surface area contributed by atoms with Gasteiger partial charge >= 0.3 is 0 Å². The molecule has 1 saturated heterocycles. The van der Waals surface area contributed by atoms with Gasteiger partial charge in [0, 0.05) is 18.7 Å². The molecule has 0 aliphatic carbocycles. The molecule has 1 aliphatic rings. The lowest BCUT2D eigenvalue weighted by Gasteiger charge is -2.19. The molecule has 16 heavy (non-hydrogen) atoms. The standard InChI is InChI=1S/C12H15Cl2NO/c1-8(15-10-4-5-16-7-10)9-2-3-11(13)12(14)6-9/h2-3,6,8,10,15H,4-5,7H2,1H3/t8-,10?/m1/s1. The van der Waals surface area contributed by atoms with E-state index >= 15 is 0 Å². The van der Waals surface area contributed by atoms with Gasteiger partial charge in [-0.1, -0.05) is 29.3 Å². The lowest BCUT2D eigenvalue weighted by Crippen LogP contribution is -2.31. The van der Waals surface area contributed by atoms with Crippen LogP contribution in [0.15, 0.2) is 18.2 Å². The zero-order valence-electron chi connectivity index (χ0n) is 9.17. The lowest BCUT2D eigenvalue weighted by atomic mass is 10.1. The second-order valence-electron chi connectivity index (χ2n) is 4.12. The van der Waals surface area contributed by atoms with Crippen molar-refractivity contribution in [1.82, 2.24) is 5.32 Å². The average Bonchev–Trinajstić information content (AvgIpc) is 2.74. The number of benzene rings is 1. The molecule has 1 aromatic carbocycles. The summed E-state index contributed by atoms with van der Waals surface area (Å²) >= 11 is 11.9. The number of hydrogen-bond acceptors (Lipinski definition) is 2. The highest BCUT2D eigenvalue weighted by molar-refractivity contribution is 6.42. The normalized spacial score (nSPS) is 22.3. The Hall–Kier alpha value is -0.280. The van der Waals surface area contributed by atoms with Crippen LogP contribution in [0, 0.1) is 0 Å². The van der Waals surface area contributed by atoms with Crippen molar-refractivity contribution in [2.24, 2.45) is 0 Å². The van der Waals surface area contributed by atoms with E-state index in [0.717, 1.165) is 25.2 Å². The largest absolute Gasteiger partial charge is 0.380 e. The molecule has 1 aromatic rings. The SMILES string of the molecule is C[C@@H](NC1CCOC1)c1ccc(Cl)c(Cl)c1. The summed E-state index contributed by atoms with van der Waals surface area (Å²) in [6.45, 7) is 3.77. The Morgan fingerprint density at radius 1 is 1.38 bits per heavy atom. The zero-order valence-corrected chi connectivity index (χ0v) is 10.7. The first kappa shape index (κ1) is 12.2. The molecule has 0 amide bonds. The third-order valence-electron chi connectivity index (χ3n) is 2.86. The van der Waals surface area contributed by atoms with Crippen LogP contribution in [-0.2, 0) is 4.74 Å². The fraction of sp³-hybridized carbons (Fsp3) is 0.500. The molecule has 1 fully saturated rings. The minimum Gasteiger partial charge on any atom is -0.380 e.